The van der Waals surface area contributed by atoms with Gasteiger partial charge < -0.3 is 14.2 Å². The zero-order valence-electron chi connectivity index (χ0n) is 13.9. The SMILES string of the molecule is CC1(C(=O)N(Cc2ccc(-c3noc(C(F)(F)F)n3)s2)C2CC2)COC1. The van der Waals surface area contributed by atoms with E-state index >= 15 is 0 Å². The molecule has 2 aliphatic rings. The van der Waals surface area contributed by atoms with Crippen molar-refractivity contribution >= 4 is 17.2 Å². The van der Waals surface area contributed by atoms with Gasteiger partial charge in [-0.15, -0.1) is 11.3 Å². The summed E-state index contributed by atoms with van der Waals surface area (Å²) in [7, 11) is 0. The summed E-state index contributed by atoms with van der Waals surface area (Å²) in [6.45, 7) is 3.17. The van der Waals surface area contributed by atoms with E-state index in [0.717, 1.165) is 17.7 Å². The summed E-state index contributed by atoms with van der Waals surface area (Å²) in [6, 6.07) is 3.66. The van der Waals surface area contributed by atoms with E-state index < -0.39 is 17.5 Å². The number of thiophene rings is 1. The summed E-state index contributed by atoms with van der Waals surface area (Å²) in [5.74, 6) is -1.40. The Morgan fingerprint density at radius 3 is 2.65 bits per heavy atom. The summed E-state index contributed by atoms with van der Waals surface area (Å²) in [4.78, 5) is 19.4. The number of nitrogens with zero attached hydrogens (tertiary/aromatic N) is 3. The predicted molar refractivity (Wildman–Crippen MR) is 85.1 cm³/mol. The first-order valence-electron chi connectivity index (χ1n) is 8.15. The van der Waals surface area contributed by atoms with Gasteiger partial charge >= 0.3 is 12.1 Å². The second-order valence-electron chi connectivity index (χ2n) is 6.90. The topological polar surface area (TPSA) is 68.5 Å². The van der Waals surface area contributed by atoms with Crippen molar-refractivity contribution in [2.45, 2.75) is 38.5 Å². The molecule has 6 nitrogen and oxygen atoms in total. The largest absolute Gasteiger partial charge is 0.471 e. The molecule has 0 N–H and O–H groups in total. The molecule has 0 spiro atoms. The van der Waals surface area contributed by atoms with E-state index in [-0.39, 0.29) is 17.8 Å². The summed E-state index contributed by atoms with van der Waals surface area (Å²) in [5.41, 5.74) is -0.474. The van der Waals surface area contributed by atoms with Crippen LogP contribution in [0.3, 0.4) is 0 Å². The second-order valence-corrected chi connectivity index (χ2v) is 8.07. The lowest BCUT2D eigenvalue weighted by Gasteiger charge is -2.40. The number of hydrogen-bond acceptors (Lipinski definition) is 6. The van der Waals surface area contributed by atoms with Crippen molar-refractivity contribution in [1.29, 1.82) is 0 Å². The van der Waals surface area contributed by atoms with Crippen molar-refractivity contribution < 1.29 is 27.2 Å². The molecule has 0 radical (unpaired) electrons. The average Bonchev–Trinajstić information content (AvgIpc) is 3.08. The Morgan fingerprint density at radius 1 is 1.38 bits per heavy atom. The van der Waals surface area contributed by atoms with Crippen LogP contribution in [0.5, 0.6) is 0 Å². The van der Waals surface area contributed by atoms with Crippen molar-refractivity contribution in [1.82, 2.24) is 15.0 Å². The highest BCUT2D eigenvalue weighted by Crippen LogP contribution is 2.38. The van der Waals surface area contributed by atoms with Crippen molar-refractivity contribution in [3.05, 3.63) is 22.9 Å². The van der Waals surface area contributed by atoms with Crippen LogP contribution in [0.25, 0.3) is 10.7 Å². The number of carbonyl (C=O) groups excluding carboxylic acids is 1. The molecule has 2 aromatic rings. The Labute approximate surface area is 150 Å². The van der Waals surface area contributed by atoms with Crippen molar-refractivity contribution in [2.24, 2.45) is 5.41 Å². The van der Waals surface area contributed by atoms with Crippen molar-refractivity contribution in [3.8, 4) is 10.7 Å². The molecule has 4 rings (SSSR count). The lowest BCUT2D eigenvalue weighted by atomic mass is 9.87. The fraction of sp³-hybridized carbons (Fsp3) is 0.562. The number of amides is 1. The van der Waals surface area contributed by atoms with Gasteiger partial charge in [0.15, 0.2) is 0 Å². The van der Waals surface area contributed by atoms with Crippen LogP contribution in [-0.2, 0) is 22.3 Å². The van der Waals surface area contributed by atoms with Crippen LogP contribution >= 0.6 is 11.3 Å². The predicted octanol–water partition coefficient (Wildman–Crippen LogP) is 3.34. The van der Waals surface area contributed by atoms with Crippen LogP contribution in [0.1, 0.15) is 30.5 Å². The molecule has 0 aromatic carbocycles. The van der Waals surface area contributed by atoms with Crippen LogP contribution in [0.2, 0.25) is 0 Å². The molecule has 2 aromatic heterocycles. The molecule has 1 aliphatic heterocycles. The number of carbonyl (C=O) groups is 1. The maximum atomic E-state index is 12.8. The number of halogens is 3. The summed E-state index contributed by atoms with van der Waals surface area (Å²) < 4.78 is 47.2. The minimum absolute atomic E-state index is 0.0696. The van der Waals surface area contributed by atoms with Crippen molar-refractivity contribution in [3.63, 3.8) is 0 Å². The molecule has 1 saturated heterocycles. The second kappa shape index (κ2) is 6.05. The normalized spacial score (nSPS) is 19.2. The number of hydrogen-bond donors (Lipinski definition) is 0. The number of ether oxygens (including phenoxy) is 1. The fourth-order valence-electron chi connectivity index (χ4n) is 2.82. The third kappa shape index (κ3) is 3.23. The molecular weight excluding hydrogens is 371 g/mol. The van der Waals surface area contributed by atoms with Crippen LogP contribution < -0.4 is 0 Å². The molecule has 3 heterocycles. The molecule has 26 heavy (non-hydrogen) atoms. The van der Waals surface area contributed by atoms with Gasteiger partial charge in [0, 0.05) is 10.9 Å². The number of alkyl halides is 3. The number of rotatable bonds is 5. The highest BCUT2D eigenvalue weighted by molar-refractivity contribution is 7.15. The highest BCUT2D eigenvalue weighted by atomic mass is 32.1. The lowest BCUT2D eigenvalue weighted by Crippen LogP contribution is -2.53. The summed E-state index contributed by atoms with van der Waals surface area (Å²) >= 11 is 1.26. The first kappa shape index (κ1) is 17.5. The zero-order chi connectivity index (χ0) is 18.5. The van der Waals surface area contributed by atoms with Crippen LogP contribution in [0, 0.1) is 5.41 Å². The average molecular weight is 387 g/mol. The molecular formula is C16H16F3N3O3S. The summed E-state index contributed by atoms with van der Waals surface area (Å²) in [6.07, 6.45) is -2.72. The van der Waals surface area contributed by atoms with Gasteiger partial charge in [0.2, 0.25) is 11.7 Å². The standard InChI is InChI=1S/C16H16F3N3O3S/c1-15(7-24-8-15)14(23)22(9-2-3-9)6-10-4-5-11(26-10)12-20-13(25-21-12)16(17,18)19/h4-5,9H,2-3,6-8H2,1H3. The van der Waals surface area contributed by atoms with Crippen LogP contribution in [0.15, 0.2) is 16.7 Å². The van der Waals surface area contributed by atoms with E-state index in [1.807, 2.05) is 11.8 Å². The maximum absolute atomic E-state index is 12.8. The van der Waals surface area contributed by atoms with Gasteiger partial charge in [-0.3, -0.25) is 4.79 Å². The maximum Gasteiger partial charge on any atom is 0.471 e. The lowest BCUT2D eigenvalue weighted by molar-refractivity contribution is -0.170. The smallest absolute Gasteiger partial charge is 0.379 e. The zero-order valence-corrected chi connectivity index (χ0v) is 14.7. The molecule has 2 fully saturated rings. The van der Waals surface area contributed by atoms with Crippen LogP contribution in [-0.4, -0.2) is 40.2 Å². The first-order valence-corrected chi connectivity index (χ1v) is 8.97. The molecule has 0 atom stereocenters. The van der Waals surface area contributed by atoms with Crippen LogP contribution in [0.4, 0.5) is 13.2 Å². The van der Waals surface area contributed by atoms with E-state index in [9.17, 15) is 18.0 Å². The van der Waals surface area contributed by atoms with E-state index in [2.05, 4.69) is 14.7 Å². The highest BCUT2D eigenvalue weighted by Gasteiger charge is 2.47. The molecule has 10 heteroatoms. The third-order valence-corrected chi connectivity index (χ3v) is 5.55. The Morgan fingerprint density at radius 2 is 2.12 bits per heavy atom. The van der Waals surface area contributed by atoms with Gasteiger partial charge in [-0.1, -0.05) is 5.16 Å². The Bertz CT molecular complexity index is 824. The van der Waals surface area contributed by atoms with Gasteiger partial charge in [0.05, 0.1) is 30.1 Å². The minimum Gasteiger partial charge on any atom is -0.379 e. The van der Waals surface area contributed by atoms with E-state index in [0.29, 0.717) is 24.6 Å². The van der Waals surface area contributed by atoms with Gasteiger partial charge in [-0.25, -0.2) is 0 Å². The Balaban J connectivity index is 1.50. The van der Waals surface area contributed by atoms with Crippen molar-refractivity contribution in [2.75, 3.05) is 13.2 Å². The minimum atomic E-state index is -4.67. The monoisotopic (exact) mass is 387 g/mol. The molecule has 0 unspecified atom stereocenters. The fourth-order valence-corrected chi connectivity index (χ4v) is 3.75. The number of aromatic nitrogens is 2. The van der Waals surface area contributed by atoms with Gasteiger partial charge in [0.1, 0.15) is 0 Å². The van der Waals surface area contributed by atoms with Gasteiger partial charge in [0.25, 0.3) is 0 Å². The Hall–Kier alpha value is -1.94. The summed E-state index contributed by atoms with van der Waals surface area (Å²) in [5, 5.41) is 3.40. The molecule has 1 aliphatic carbocycles. The quantitative estimate of drug-likeness (QED) is 0.787. The first-order chi connectivity index (χ1) is 12.3. The molecule has 0 bridgehead atoms. The van der Waals surface area contributed by atoms with E-state index in [1.165, 1.54) is 11.3 Å². The van der Waals surface area contributed by atoms with E-state index in [4.69, 9.17) is 4.74 Å². The van der Waals surface area contributed by atoms with Gasteiger partial charge in [-0.2, -0.15) is 18.2 Å². The molecule has 1 amide bonds. The Kier molecular flexibility index (Phi) is 4.07. The third-order valence-electron chi connectivity index (χ3n) is 4.48. The molecule has 1 saturated carbocycles. The molecule has 140 valence electrons. The van der Waals surface area contributed by atoms with E-state index in [1.54, 1.807) is 12.1 Å². The van der Waals surface area contributed by atoms with Gasteiger partial charge in [-0.05, 0) is 31.9 Å².